The first kappa shape index (κ1) is 12.3. The molecule has 0 saturated carbocycles. The molecule has 0 bridgehead atoms. The summed E-state index contributed by atoms with van der Waals surface area (Å²) >= 11 is 1.71. The van der Waals surface area contributed by atoms with Crippen molar-refractivity contribution in [3.05, 3.63) is 40.6 Å². The number of aromatic nitrogens is 2. The molecule has 0 spiro atoms. The summed E-state index contributed by atoms with van der Waals surface area (Å²) in [6.07, 6.45) is 4.07. The van der Waals surface area contributed by atoms with Gasteiger partial charge in [0, 0.05) is 29.5 Å². The fourth-order valence-electron chi connectivity index (χ4n) is 1.74. The van der Waals surface area contributed by atoms with Crippen LogP contribution in [0.1, 0.15) is 24.4 Å². The lowest BCUT2D eigenvalue weighted by Gasteiger charge is -2.10. The lowest BCUT2D eigenvalue weighted by molar-refractivity contribution is 0.539. The molecule has 0 aromatic carbocycles. The van der Waals surface area contributed by atoms with Gasteiger partial charge in [-0.1, -0.05) is 13.8 Å². The van der Waals surface area contributed by atoms with E-state index in [1.807, 2.05) is 11.7 Å². The van der Waals surface area contributed by atoms with E-state index < -0.39 is 0 Å². The molecule has 0 fully saturated rings. The van der Waals surface area contributed by atoms with Gasteiger partial charge in [-0.05, 0) is 24.6 Å². The van der Waals surface area contributed by atoms with Crippen LogP contribution in [-0.4, -0.2) is 16.1 Å². The number of thiazole rings is 1. The summed E-state index contributed by atoms with van der Waals surface area (Å²) in [4.78, 5) is 5.40. The molecule has 0 radical (unpaired) electrons. The minimum atomic E-state index is 0.694. The summed E-state index contributed by atoms with van der Waals surface area (Å²) in [5.41, 5.74) is 3.22. The van der Waals surface area contributed by atoms with Crippen LogP contribution in [0.15, 0.2) is 30.0 Å². The van der Waals surface area contributed by atoms with E-state index in [0.717, 1.165) is 19.6 Å². The highest BCUT2D eigenvalue weighted by Gasteiger charge is 2.03. The summed E-state index contributed by atoms with van der Waals surface area (Å²) in [5, 5.41) is 3.47. The van der Waals surface area contributed by atoms with Crippen molar-refractivity contribution in [2.75, 3.05) is 6.54 Å². The summed E-state index contributed by atoms with van der Waals surface area (Å²) in [7, 11) is 0. The maximum atomic E-state index is 4.11. The Morgan fingerprint density at radius 1 is 1.47 bits per heavy atom. The molecular weight excluding hydrogens is 230 g/mol. The van der Waals surface area contributed by atoms with E-state index in [2.05, 4.69) is 47.0 Å². The van der Waals surface area contributed by atoms with Gasteiger partial charge in [-0.2, -0.15) is 0 Å². The number of nitrogens with zero attached hydrogens (tertiary/aromatic N) is 2. The molecule has 0 aliphatic heterocycles. The van der Waals surface area contributed by atoms with Crippen LogP contribution in [0.3, 0.4) is 0 Å². The predicted octanol–water partition coefficient (Wildman–Crippen LogP) is 2.74. The molecule has 17 heavy (non-hydrogen) atoms. The van der Waals surface area contributed by atoms with Crippen LogP contribution in [0.4, 0.5) is 0 Å². The molecule has 2 heterocycles. The van der Waals surface area contributed by atoms with Crippen LogP contribution in [0, 0.1) is 5.92 Å². The van der Waals surface area contributed by atoms with Crippen LogP contribution in [0.2, 0.25) is 0 Å². The molecule has 0 aliphatic rings. The molecule has 3 nitrogen and oxygen atoms in total. The molecular formula is C13H19N3S. The van der Waals surface area contributed by atoms with Crippen LogP contribution in [0.5, 0.6) is 0 Å². The lowest BCUT2D eigenvalue weighted by atomic mass is 10.2. The molecule has 4 heteroatoms. The Bertz CT molecular complexity index is 431. The molecule has 2 aromatic heterocycles. The molecule has 0 aliphatic carbocycles. The Hall–Kier alpha value is -1.13. The maximum Gasteiger partial charge on any atom is 0.0794 e. The van der Waals surface area contributed by atoms with Crippen molar-refractivity contribution >= 4 is 11.3 Å². The third-order valence-corrected chi connectivity index (χ3v) is 3.36. The van der Waals surface area contributed by atoms with E-state index in [-0.39, 0.29) is 0 Å². The zero-order chi connectivity index (χ0) is 12.1. The quantitative estimate of drug-likeness (QED) is 0.853. The largest absolute Gasteiger partial charge is 0.345 e. The summed E-state index contributed by atoms with van der Waals surface area (Å²) in [6.45, 7) is 7.37. The molecule has 0 atom stereocenters. The molecule has 92 valence electrons. The average molecular weight is 249 g/mol. The predicted molar refractivity (Wildman–Crippen MR) is 72.2 cm³/mol. The third kappa shape index (κ3) is 3.68. The van der Waals surface area contributed by atoms with Crippen molar-refractivity contribution in [2.24, 2.45) is 5.92 Å². The second-order valence-electron chi connectivity index (χ2n) is 4.62. The highest BCUT2D eigenvalue weighted by Crippen LogP contribution is 2.11. The Balaban J connectivity index is 1.92. The Morgan fingerprint density at radius 3 is 3.06 bits per heavy atom. The van der Waals surface area contributed by atoms with Gasteiger partial charge in [0.2, 0.25) is 0 Å². The monoisotopic (exact) mass is 249 g/mol. The van der Waals surface area contributed by atoms with E-state index in [1.54, 1.807) is 11.3 Å². The molecule has 0 saturated heterocycles. The highest BCUT2D eigenvalue weighted by atomic mass is 32.1. The van der Waals surface area contributed by atoms with Crippen molar-refractivity contribution in [3.8, 4) is 0 Å². The number of hydrogen-bond acceptors (Lipinski definition) is 3. The Morgan fingerprint density at radius 2 is 2.35 bits per heavy atom. The molecule has 1 N–H and O–H groups in total. The second kappa shape index (κ2) is 5.98. The van der Waals surface area contributed by atoms with Crippen LogP contribution in [0.25, 0.3) is 0 Å². The topological polar surface area (TPSA) is 29.9 Å². The summed E-state index contributed by atoms with van der Waals surface area (Å²) in [5.74, 6) is 0.694. The minimum absolute atomic E-state index is 0.694. The zero-order valence-electron chi connectivity index (χ0n) is 10.4. The highest BCUT2D eigenvalue weighted by molar-refractivity contribution is 7.09. The van der Waals surface area contributed by atoms with Gasteiger partial charge in [0.05, 0.1) is 12.1 Å². The summed E-state index contributed by atoms with van der Waals surface area (Å²) in [6, 6.07) is 4.28. The Labute approximate surface area is 107 Å². The minimum Gasteiger partial charge on any atom is -0.345 e. The van der Waals surface area contributed by atoms with Crippen molar-refractivity contribution in [1.82, 2.24) is 14.9 Å². The van der Waals surface area contributed by atoms with Gasteiger partial charge < -0.3 is 9.88 Å². The van der Waals surface area contributed by atoms with Crippen LogP contribution < -0.4 is 5.32 Å². The van der Waals surface area contributed by atoms with E-state index >= 15 is 0 Å². The third-order valence-electron chi connectivity index (χ3n) is 2.59. The first-order valence-electron chi connectivity index (χ1n) is 5.98. The van der Waals surface area contributed by atoms with Gasteiger partial charge in [0.1, 0.15) is 0 Å². The second-order valence-corrected chi connectivity index (χ2v) is 5.59. The number of nitrogens with one attached hydrogen (secondary N) is 1. The normalized spacial score (nSPS) is 11.2. The van der Waals surface area contributed by atoms with Crippen molar-refractivity contribution in [3.63, 3.8) is 0 Å². The molecule has 2 rings (SSSR count). The summed E-state index contributed by atoms with van der Waals surface area (Å²) < 4.78 is 2.28. The van der Waals surface area contributed by atoms with Crippen molar-refractivity contribution in [1.29, 1.82) is 0 Å². The van der Waals surface area contributed by atoms with E-state index in [1.165, 1.54) is 10.6 Å². The van der Waals surface area contributed by atoms with E-state index in [9.17, 15) is 0 Å². The smallest absolute Gasteiger partial charge is 0.0794 e. The van der Waals surface area contributed by atoms with Crippen LogP contribution in [-0.2, 0) is 13.1 Å². The fraction of sp³-hybridized carbons (Fsp3) is 0.462. The number of rotatable bonds is 6. The van der Waals surface area contributed by atoms with E-state index in [4.69, 9.17) is 0 Å². The maximum absolute atomic E-state index is 4.11. The lowest BCUT2D eigenvalue weighted by Crippen LogP contribution is -2.20. The van der Waals surface area contributed by atoms with Crippen molar-refractivity contribution < 1.29 is 0 Å². The zero-order valence-corrected chi connectivity index (χ0v) is 11.2. The first-order valence-corrected chi connectivity index (χ1v) is 6.86. The van der Waals surface area contributed by atoms with E-state index in [0.29, 0.717) is 5.92 Å². The van der Waals surface area contributed by atoms with Crippen molar-refractivity contribution in [2.45, 2.75) is 26.9 Å². The number of hydrogen-bond donors (Lipinski definition) is 1. The van der Waals surface area contributed by atoms with Gasteiger partial charge in [0.15, 0.2) is 0 Å². The fourth-order valence-corrected chi connectivity index (χ4v) is 2.33. The van der Waals surface area contributed by atoms with Gasteiger partial charge in [-0.25, -0.2) is 0 Å². The van der Waals surface area contributed by atoms with Gasteiger partial charge in [-0.15, -0.1) is 11.3 Å². The molecule has 0 unspecified atom stereocenters. The Kier molecular flexibility index (Phi) is 4.34. The van der Waals surface area contributed by atoms with Gasteiger partial charge in [-0.3, -0.25) is 4.98 Å². The van der Waals surface area contributed by atoms with Gasteiger partial charge >= 0.3 is 0 Å². The standard InChI is InChI=1S/C13H19N3S/c1-11(2)6-14-7-12-4-3-5-16(12)9-13-8-15-10-17-13/h3-5,8,10-11,14H,6-7,9H2,1-2H3. The van der Waals surface area contributed by atoms with Gasteiger partial charge in [0.25, 0.3) is 0 Å². The van der Waals surface area contributed by atoms with Crippen LogP contribution >= 0.6 is 11.3 Å². The molecule has 0 amide bonds. The SMILES string of the molecule is CC(C)CNCc1cccn1Cc1cncs1. The first-order chi connectivity index (χ1) is 8.25. The average Bonchev–Trinajstić information content (AvgIpc) is 2.91. The molecule has 2 aromatic rings.